The Labute approximate surface area is 126 Å². The third-order valence-electron chi connectivity index (χ3n) is 3.24. The first kappa shape index (κ1) is 13.1. The van der Waals surface area contributed by atoms with Crippen molar-refractivity contribution in [2.24, 2.45) is 0 Å². The smallest absolute Gasteiger partial charge is 0.120 e. The number of ether oxygens (including phenoxy) is 1. The van der Waals surface area contributed by atoms with Gasteiger partial charge in [0.05, 0.1) is 5.52 Å². The van der Waals surface area contributed by atoms with Gasteiger partial charge in [0.1, 0.15) is 12.4 Å². The summed E-state index contributed by atoms with van der Waals surface area (Å²) in [5.41, 5.74) is 3.27. The van der Waals surface area contributed by atoms with Crippen molar-refractivity contribution in [1.82, 2.24) is 4.98 Å². The standard InChI is InChI=1S/C17H14BrNO/c1-12-10-15(7-8-16(12)18)20-11-14-5-2-4-13-6-3-9-19-17(13)14/h2-10H,11H2,1H3. The van der Waals surface area contributed by atoms with Crippen molar-refractivity contribution >= 4 is 26.8 Å². The summed E-state index contributed by atoms with van der Waals surface area (Å²) in [4.78, 5) is 4.44. The minimum atomic E-state index is 0.523. The fraction of sp³-hybridized carbons (Fsp3) is 0.118. The summed E-state index contributed by atoms with van der Waals surface area (Å²) >= 11 is 3.49. The van der Waals surface area contributed by atoms with Gasteiger partial charge >= 0.3 is 0 Å². The van der Waals surface area contributed by atoms with Gasteiger partial charge < -0.3 is 4.74 Å². The molecule has 0 unspecified atom stereocenters. The lowest BCUT2D eigenvalue weighted by atomic mass is 10.1. The lowest BCUT2D eigenvalue weighted by Crippen LogP contribution is -1.97. The van der Waals surface area contributed by atoms with Crippen LogP contribution in [0.15, 0.2) is 59.2 Å². The first-order valence-electron chi connectivity index (χ1n) is 6.45. The highest BCUT2D eigenvalue weighted by Crippen LogP contribution is 2.23. The number of para-hydroxylation sites is 1. The maximum absolute atomic E-state index is 5.88. The van der Waals surface area contributed by atoms with Gasteiger partial charge in [0, 0.05) is 21.6 Å². The fourth-order valence-electron chi connectivity index (χ4n) is 2.15. The number of benzene rings is 2. The number of fused-ring (bicyclic) bond motifs is 1. The number of aromatic nitrogens is 1. The Balaban J connectivity index is 1.85. The molecule has 2 aromatic carbocycles. The van der Waals surface area contributed by atoms with E-state index >= 15 is 0 Å². The highest BCUT2D eigenvalue weighted by atomic mass is 79.9. The van der Waals surface area contributed by atoms with E-state index in [1.54, 1.807) is 0 Å². The molecule has 1 aromatic heterocycles. The van der Waals surface area contributed by atoms with Gasteiger partial charge in [-0.3, -0.25) is 4.98 Å². The second-order valence-electron chi connectivity index (χ2n) is 4.69. The van der Waals surface area contributed by atoms with E-state index in [2.05, 4.69) is 46.0 Å². The van der Waals surface area contributed by atoms with Gasteiger partial charge in [0.2, 0.25) is 0 Å². The van der Waals surface area contributed by atoms with Crippen molar-refractivity contribution in [3.63, 3.8) is 0 Å². The molecule has 0 N–H and O–H groups in total. The number of rotatable bonds is 3. The van der Waals surface area contributed by atoms with Crippen LogP contribution in [0, 0.1) is 6.92 Å². The first-order chi connectivity index (χ1) is 9.74. The minimum Gasteiger partial charge on any atom is -0.489 e. The molecular weight excluding hydrogens is 314 g/mol. The lowest BCUT2D eigenvalue weighted by Gasteiger charge is -2.09. The summed E-state index contributed by atoms with van der Waals surface area (Å²) in [5.74, 6) is 0.874. The zero-order valence-corrected chi connectivity index (χ0v) is 12.7. The van der Waals surface area contributed by atoms with Crippen LogP contribution in [0.4, 0.5) is 0 Å². The van der Waals surface area contributed by atoms with Crippen LogP contribution in [0.2, 0.25) is 0 Å². The Morgan fingerprint density at radius 2 is 1.95 bits per heavy atom. The zero-order chi connectivity index (χ0) is 13.9. The molecule has 0 saturated carbocycles. The van der Waals surface area contributed by atoms with Crippen molar-refractivity contribution < 1.29 is 4.74 Å². The molecule has 0 spiro atoms. The minimum absolute atomic E-state index is 0.523. The number of hydrogen-bond acceptors (Lipinski definition) is 2. The topological polar surface area (TPSA) is 22.1 Å². The van der Waals surface area contributed by atoms with E-state index in [4.69, 9.17) is 4.74 Å². The molecule has 3 heteroatoms. The SMILES string of the molecule is Cc1cc(OCc2cccc3cccnc23)ccc1Br. The van der Waals surface area contributed by atoms with Crippen LogP contribution >= 0.6 is 15.9 Å². The Morgan fingerprint density at radius 3 is 2.80 bits per heavy atom. The van der Waals surface area contributed by atoms with Crippen LogP contribution in [-0.2, 0) is 6.61 Å². The molecule has 20 heavy (non-hydrogen) atoms. The molecule has 1 heterocycles. The molecule has 0 saturated heterocycles. The van der Waals surface area contributed by atoms with Crippen molar-refractivity contribution in [3.05, 3.63) is 70.3 Å². The van der Waals surface area contributed by atoms with E-state index in [0.717, 1.165) is 26.7 Å². The second kappa shape index (κ2) is 5.63. The van der Waals surface area contributed by atoms with E-state index in [-0.39, 0.29) is 0 Å². The summed E-state index contributed by atoms with van der Waals surface area (Å²) in [5, 5.41) is 1.14. The average molecular weight is 328 g/mol. The maximum atomic E-state index is 5.88. The van der Waals surface area contributed by atoms with Crippen molar-refractivity contribution in [2.75, 3.05) is 0 Å². The number of hydrogen-bond donors (Lipinski definition) is 0. The van der Waals surface area contributed by atoms with Crippen LogP contribution in [-0.4, -0.2) is 4.98 Å². The van der Waals surface area contributed by atoms with Crippen LogP contribution in [0.25, 0.3) is 10.9 Å². The molecule has 2 nitrogen and oxygen atoms in total. The molecule has 3 rings (SSSR count). The summed E-state index contributed by atoms with van der Waals surface area (Å²) < 4.78 is 6.97. The third kappa shape index (κ3) is 2.68. The number of aryl methyl sites for hydroxylation is 1. The lowest BCUT2D eigenvalue weighted by molar-refractivity contribution is 0.307. The normalized spacial score (nSPS) is 10.7. The number of pyridine rings is 1. The monoisotopic (exact) mass is 327 g/mol. The van der Waals surface area contributed by atoms with Gasteiger partial charge in [-0.1, -0.05) is 40.2 Å². The Kier molecular flexibility index (Phi) is 3.70. The molecule has 0 radical (unpaired) electrons. The molecule has 0 fully saturated rings. The predicted molar refractivity (Wildman–Crippen MR) is 85.0 cm³/mol. The molecular formula is C17H14BrNO. The van der Waals surface area contributed by atoms with Crippen LogP contribution in [0.5, 0.6) is 5.75 Å². The van der Waals surface area contributed by atoms with Crippen LogP contribution in [0.1, 0.15) is 11.1 Å². The summed E-state index contributed by atoms with van der Waals surface area (Å²) in [6.07, 6.45) is 1.82. The third-order valence-corrected chi connectivity index (χ3v) is 4.13. The van der Waals surface area contributed by atoms with E-state index in [1.165, 1.54) is 5.56 Å². The van der Waals surface area contributed by atoms with Gasteiger partial charge in [-0.25, -0.2) is 0 Å². The molecule has 0 aliphatic rings. The molecule has 0 aliphatic carbocycles. The van der Waals surface area contributed by atoms with Gasteiger partial charge in [0.25, 0.3) is 0 Å². The zero-order valence-electron chi connectivity index (χ0n) is 11.1. The molecule has 0 aliphatic heterocycles. The molecule has 0 bridgehead atoms. The van der Waals surface area contributed by atoms with Gasteiger partial charge in [-0.2, -0.15) is 0 Å². The average Bonchev–Trinajstić information content (AvgIpc) is 2.48. The van der Waals surface area contributed by atoms with Crippen molar-refractivity contribution in [2.45, 2.75) is 13.5 Å². The van der Waals surface area contributed by atoms with Crippen LogP contribution in [0.3, 0.4) is 0 Å². The molecule has 0 atom stereocenters. The van der Waals surface area contributed by atoms with Crippen molar-refractivity contribution in [3.8, 4) is 5.75 Å². The fourth-order valence-corrected chi connectivity index (χ4v) is 2.40. The van der Waals surface area contributed by atoms with Gasteiger partial charge in [0.15, 0.2) is 0 Å². The van der Waals surface area contributed by atoms with E-state index in [1.807, 2.05) is 36.5 Å². The largest absolute Gasteiger partial charge is 0.489 e. The summed E-state index contributed by atoms with van der Waals surface area (Å²) in [6, 6.07) is 16.2. The van der Waals surface area contributed by atoms with Gasteiger partial charge in [-0.05, 0) is 36.8 Å². The maximum Gasteiger partial charge on any atom is 0.120 e. The summed E-state index contributed by atoms with van der Waals surface area (Å²) in [6.45, 7) is 2.58. The molecule has 100 valence electrons. The van der Waals surface area contributed by atoms with Crippen LogP contribution < -0.4 is 4.74 Å². The van der Waals surface area contributed by atoms with E-state index in [9.17, 15) is 0 Å². The summed E-state index contributed by atoms with van der Waals surface area (Å²) in [7, 11) is 0. The van der Waals surface area contributed by atoms with E-state index < -0.39 is 0 Å². The number of nitrogens with zero attached hydrogens (tertiary/aromatic N) is 1. The number of halogens is 1. The van der Waals surface area contributed by atoms with E-state index in [0.29, 0.717) is 6.61 Å². The second-order valence-corrected chi connectivity index (χ2v) is 5.55. The highest BCUT2D eigenvalue weighted by molar-refractivity contribution is 9.10. The first-order valence-corrected chi connectivity index (χ1v) is 7.25. The van der Waals surface area contributed by atoms with Crippen molar-refractivity contribution in [1.29, 1.82) is 0 Å². The quantitative estimate of drug-likeness (QED) is 0.683. The predicted octanol–water partition coefficient (Wildman–Crippen LogP) is 4.88. The molecule has 0 amide bonds. The van der Waals surface area contributed by atoms with Gasteiger partial charge in [-0.15, -0.1) is 0 Å². The Bertz CT molecular complexity index is 750. The molecule has 3 aromatic rings. The Hall–Kier alpha value is -1.87. The Morgan fingerprint density at radius 1 is 1.10 bits per heavy atom. The highest BCUT2D eigenvalue weighted by Gasteiger charge is 2.03.